The number of aryl methyl sites for hydroxylation is 1. The van der Waals surface area contributed by atoms with E-state index in [2.05, 4.69) is 10.2 Å². The zero-order chi connectivity index (χ0) is 18.5. The number of nitrogens with zero attached hydrogens (tertiary/aromatic N) is 3. The number of rotatable bonds is 7. The van der Waals surface area contributed by atoms with Gasteiger partial charge in [0.05, 0.1) is 0 Å². The minimum atomic E-state index is -0.893. The van der Waals surface area contributed by atoms with Gasteiger partial charge in [-0.25, -0.2) is 0 Å². The SMILES string of the molecule is Cc1ccc(-n2c(COc3ccccc3)nnc2S[C@H](C)C(=O)O)cc1. The van der Waals surface area contributed by atoms with Crippen LogP contribution in [0.15, 0.2) is 59.8 Å². The molecule has 0 saturated carbocycles. The smallest absolute Gasteiger partial charge is 0.316 e. The number of hydrogen-bond donors (Lipinski definition) is 1. The van der Waals surface area contributed by atoms with Crippen LogP contribution in [0, 0.1) is 6.92 Å². The van der Waals surface area contributed by atoms with E-state index in [1.165, 1.54) is 0 Å². The number of thioether (sulfide) groups is 1. The molecule has 134 valence electrons. The fraction of sp³-hybridized carbons (Fsp3) is 0.211. The quantitative estimate of drug-likeness (QED) is 0.640. The van der Waals surface area contributed by atoms with Gasteiger partial charge in [-0.1, -0.05) is 47.7 Å². The van der Waals surface area contributed by atoms with Crippen molar-refractivity contribution in [3.63, 3.8) is 0 Å². The molecule has 0 amide bonds. The van der Waals surface area contributed by atoms with Crippen LogP contribution in [0.4, 0.5) is 0 Å². The number of aromatic nitrogens is 3. The first kappa shape index (κ1) is 18.0. The third kappa shape index (κ3) is 4.23. The highest BCUT2D eigenvalue weighted by Crippen LogP contribution is 2.26. The monoisotopic (exact) mass is 369 g/mol. The lowest BCUT2D eigenvalue weighted by Crippen LogP contribution is -2.13. The van der Waals surface area contributed by atoms with Crippen LogP contribution >= 0.6 is 11.8 Å². The van der Waals surface area contributed by atoms with Gasteiger partial charge < -0.3 is 9.84 Å². The number of para-hydroxylation sites is 1. The molecule has 0 bridgehead atoms. The van der Waals surface area contributed by atoms with Crippen LogP contribution in [0.2, 0.25) is 0 Å². The number of aliphatic carboxylic acids is 1. The molecule has 0 saturated heterocycles. The lowest BCUT2D eigenvalue weighted by Gasteiger charge is -2.12. The number of benzene rings is 2. The number of hydrogen-bond acceptors (Lipinski definition) is 5. The van der Waals surface area contributed by atoms with Crippen LogP contribution in [0.5, 0.6) is 5.75 Å². The molecule has 3 aromatic rings. The van der Waals surface area contributed by atoms with Gasteiger partial charge in [-0.2, -0.15) is 0 Å². The summed E-state index contributed by atoms with van der Waals surface area (Å²) < 4.78 is 7.63. The average molecular weight is 369 g/mol. The number of carbonyl (C=O) groups is 1. The zero-order valence-electron chi connectivity index (χ0n) is 14.5. The summed E-state index contributed by atoms with van der Waals surface area (Å²) in [6.45, 7) is 3.87. The van der Waals surface area contributed by atoms with Crippen molar-refractivity contribution < 1.29 is 14.6 Å². The van der Waals surface area contributed by atoms with E-state index in [-0.39, 0.29) is 6.61 Å². The molecule has 7 heteroatoms. The molecule has 1 aromatic heterocycles. The van der Waals surface area contributed by atoms with Gasteiger partial charge in [0.1, 0.15) is 17.6 Å². The Bertz CT molecular complexity index is 879. The van der Waals surface area contributed by atoms with Crippen LogP contribution in [-0.4, -0.2) is 31.1 Å². The summed E-state index contributed by atoms with van der Waals surface area (Å²) in [5.74, 6) is 0.451. The van der Waals surface area contributed by atoms with Gasteiger partial charge in [0, 0.05) is 5.69 Å². The Morgan fingerprint density at radius 2 is 1.85 bits per heavy atom. The summed E-state index contributed by atoms with van der Waals surface area (Å²) in [4.78, 5) is 11.2. The topological polar surface area (TPSA) is 77.2 Å². The molecular weight excluding hydrogens is 350 g/mol. The van der Waals surface area contributed by atoms with Gasteiger partial charge in [-0.05, 0) is 38.1 Å². The van der Waals surface area contributed by atoms with Crippen LogP contribution in [0.25, 0.3) is 5.69 Å². The minimum absolute atomic E-state index is 0.229. The molecule has 1 atom stereocenters. The summed E-state index contributed by atoms with van der Waals surface area (Å²) in [6, 6.07) is 17.4. The molecule has 3 rings (SSSR count). The van der Waals surface area contributed by atoms with Gasteiger partial charge in [-0.15, -0.1) is 10.2 Å². The maximum Gasteiger partial charge on any atom is 0.316 e. The molecule has 0 aliphatic carbocycles. The summed E-state index contributed by atoms with van der Waals surface area (Å²) in [5, 5.41) is 17.5. The molecule has 1 heterocycles. The molecule has 1 N–H and O–H groups in total. The Hall–Kier alpha value is -2.80. The Balaban J connectivity index is 1.91. The first-order chi connectivity index (χ1) is 12.5. The summed E-state index contributed by atoms with van der Waals surface area (Å²) in [5.41, 5.74) is 2.00. The zero-order valence-corrected chi connectivity index (χ0v) is 15.3. The first-order valence-electron chi connectivity index (χ1n) is 8.13. The van der Waals surface area contributed by atoms with Crippen LogP contribution in [0.3, 0.4) is 0 Å². The van der Waals surface area contributed by atoms with Gasteiger partial charge in [0.25, 0.3) is 0 Å². The highest BCUT2D eigenvalue weighted by Gasteiger charge is 2.20. The fourth-order valence-electron chi connectivity index (χ4n) is 2.30. The molecule has 0 fully saturated rings. The molecule has 0 aliphatic heterocycles. The van der Waals surface area contributed by atoms with E-state index >= 15 is 0 Å². The van der Waals surface area contributed by atoms with Crippen molar-refractivity contribution >= 4 is 17.7 Å². The largest absolute Gasteiger partial charge is 0.486 e. The lowest BCUT2D eigenvalue weighted by atomic mass is 10.2. The molecule has 0 aliphatic rings. The molecule has 0 unspecified atom stereocenters. The number of carboxylic acid groups (broad SMARTS) is 1. The van der Waals surface area contributed by atoms with Gasteiger partial charge in [-0.3, -0.25) is 9.36 Å². The maximum atomic E-state index is 11.2. The summed E-state index contributed by atoms with van der Waals surface area (Å²) >= 11 is 1.15. The van der Waals surface area contributed by atoms with E-state index in [9.17, 15) is 9.90 Å². The van der Waals surface area contributed by atoms with Crippen LogP contribution in [-0.2, 0) is 11.4 Å². The Morgan fingerprint density at radius 1 is 1.15 bits per heavy atom. The molecule has 6 nitrogen and oxygen atoms in total. The predicted octanol–water partition coefficient (Wildman–Crippen LogP) is 3.72. The van der Waals surface area contributed by atoms with E-state index in [4.69, 9.17) is 4.74 Å². The Kier molecular flexibility index (Phi) is 5.58. The van der Waals surface area contributed by atoms with Gasteiger partial charge in [0.15, 0.2) is 11.0 Å². The minimum Gasteiger partial charge on any atom is -0.486 e. The summed E-state index contributed by atoms with van der Waals surface area (Å²) in [7, 11) is 0. The van der Waals surface area contributed by atoms with Crippen molar-refractivity contribution in [2.45, 2.75) is 30.9 Å². The molecule has 26 heavy (non-hydrogen) atoms. The van der Waals surface area contributed by atoms with Crippen LogP contribution in [0.1, 0.15) is 18.3 Å². The molecule has 2 aromatic carbocycles. The van der Waals surface area contributed by atoms with Crippen molar-refractivity contribution in [2.24, 2.45) is 0 Å². The molecule has 0 spiro atoms. The van der Waals surface area contributed by atoms with Crippen molar-refractivity contribution in [3.8, 4) is 11.4 Å². The first-order valence-corrected chi connectivity index (χ1v) is 9.01. The van der Waals surface area contributed by atoms with E-state index in [0.29, 0.717) is 11.0 Å². The second-order valence-electron chi connectivity index (χ2n) is 5.77. The molecular formula is C19H19N3O3S. The van der Waals surface area contributed by atoms with Crippen molar-refractivity contribution in [1.29, 1.82) is 0 Å². The normalized spacial score (nSPS) is 11.9. The second-order valence-corrected chi connectivity index (χ2v) is 7.08. The Labute approximate surface area is 155 Å². The second kappa shape index (κ2) is 8.05. The molecule has 0 radical (unpaired) electrons. The number of carboxylic acids is 1. The predicted molar refractivity (Wildman–Crippen MR) is 99.8 cm³/mol. The van der Waals surface area contributed by atoms with Gasteiger partial charge in [0.2, 0.25) is 0 Å². The standard InChI is InChI=1S/C19H19N3O3S/c1-13-8-10-15(11-9-13)22-17(12-25-16-6-4-3-5-7-16)20-21-19(22)26-14(2)18(23)24/h3-11,14H,12H2,1-2H3,(H,23,24)/t14-/m1/s1. The van der Waals surface area contributed by atoms with Crippen molar-refractivity contribution in [3.05, 3.63) is 66.0 Å². The maximum absolute atomic E-state index is 11.2. The highest BCUT2D eigenvalue weighted by molar-refractivity contribution is 8.00. The third-order valence-corrected chi connectivity index (χ3v) is 4.76. The van der Waals surface area contributed by atoms with E-state index in [1.54, 1.807) is 6.92 Å². The summed E-state index contributed by atoms with van der Waals surface area (Å²) in [6.07, 6.45) is 0. The third-order valence-electron chi connectivity index (χ3n) is 3.73. The lowest BCUT2D eigenvalue weighted by molar-refractivity contribution is -0.136. The average Bonchev–Trinajstić information content (AvgIpc) is 3.04. The number of ether oxygens (including phenoxy) is 1. The Morgan fingerprint density at radius 3 is 2.50 bits per heavy atom. The highest BCUT2D eigenvalue weighted by atomic mass is 32.2. The van der Waals surface area contributed by atoms with E-state index in [1.807, 2.05) is 66.1 Å². The van der Waals surface area contributed by atoms with Crippen molar-refractivity contribution in [2.75, 3.05) is 0 Å². The fourth-order valence-corrected chi connectivity index (χ4v) is 3.12. The van der Waals surface area contributed by atoms with Gasteiger partial charge >= 0.3 is 5.97 Å². The van der Waals surface area contributed by atoms with E-state index in [0.717, 1.165) is 28.8 Å². The van der Waals surface area contributed by atoms with E-state index < -0.39 is 11.2 Å². The van der Waals surface area contributed by atoms with Crippen molar-refractivity contribution in [1.82, 2.24) is 14.8 Å². The van der Waals surface area contributed by atoms with Crippen LogP contribution < -0.4 is 4.74 Å².